The minimum Gasteiger partial charge on any atom is -0.508 e. The standard InChI is InChI=1S/C38H44O5Si/c1-38(2,3)44(35-20-9-5-10-21-35,36-22-11-6-12-23-36)43-28-31(17-13-24-37(41)32-18-14-19-33(39)26-32)25-34(40)29-42-27-30-15-7-4-8-16-30/h4-16,18-23,26,34,37,39-41H,24-25,27-29H2,1-3H3/t17?,34-,37-/m1/s1. The average Bonchev–Trinajstić information content (AvgIpc) is 3.02. The highest BCUT2D eigenvalue weighted by Gasteiger charge is 2.50. The highest BCUT2D eigenvalue weighted by molar-refractivity contribution is 6.99. The Balaban J connectivity index is 1.60. The Bertz CT molecular complexity index is 1450. The molecule has 0 amide bonds. The molecular weight excluding hydrogens is 564 g/mol. The predicted octanol–water partition coefficient (Wildman–Crippen LogP) is 6.44. The molecule has 0 aromatic heterocycles. The van der Waals surface area contributed by atoms with Crippen molar-refractivity contribution >= 4 is 18.7 Å². The van der Waals surface area contributed by atoms with E-state index in [4.69, 9.17) is 9.16 Å². The smallest absolute Gasteiger partial charge is 0.261 e. The van der Waals surface area contributed by atoms with Gasteiger partial charge < -0.3 is 24.5 Å². The van der Waals surface area contributed by atoms with Crippen molar-refractivity contribution in [1.82, 2.24) is 0 Å². The van der Waals surface area contributed by atoms with Crippen molar-refractivity contribution in [2.24, 2.45) is 0 Å². The van der Waals surface area contributed by atoms with Crippen molar-refractivity contribution in [3.8, 4) is 5.75 Å². The van der Waals surface area contributed by atoms with Gasteiger partial charge in [0.05, 0.1) is 32.0 Å². The van der Waals surface area contributed by atoms with Crippen LogP contribution in [-0.2, 0) is 15.8 Å². The quantitative estimate of drug-likeness (QED) is 0.113. The first kappa shape index (κ1) is 33.2. The highest BCUT2D eigenvalue weighted by atomic mass is 28.4. The Morgan fingerprint density at radius 1 is 0.818 bits per heavy atom. The summed E-state index contributed by atoms with van der Waals surface area (Å²) in [6, 6.07) is 37.4. The molecule has 0 unspecified atom stereocenters. The van der Waals surface area contributed by atoms with Crippen molar-refractivity contribution in [2.45, 2.75) is 57.5 Å². The topological polar surface area (TPSA) is 79.2 Å². The molecule has 0 spiro atoms. The average molecular weight is 609 g/mol. The zero-order valence-corrected chi connectivity index (χ0v) is 26.9. The van der Waals surface area contributed by atoms with Crippen molar-refractivity contribution in [2.75, 3.05) is 13.2 Å². The maximum atomic E-state index is 11.0. The fourth-order valence-electron chi connectivity index (χ4n) is 5.53. The van der Waals surface area contributed by atoms with Gasteiger partial charge in [0.1, 0.15) is 5.75 Å². The van der Waals surface area contributed by atoms with Crippen molar-refractivity contribution < 1.29 is 24.5 Å². The molecule has 0 aliphatic rings. The number of ether oxygens (including phenoxy) is 1. The van der Waals surface area contributed by atoms with Crippen LogP contribution in [0.3, 0.4) is 0 Å². The predicted molar refractivity (Wildman–Crippen MR) is 180 cm³/mol. The third-order valence-corrected chi connectivity index (χ3v) is 12.7. The van der Waals surface area contributed by atoms with E-state index in [9.17, 15) is 15.3 Å². The molecule has 4 aromatic carbocycles. The van der Waals surface area contributed by atoms with Crippen molar-refractivity contribution in [1.29, 1.82) is 0 Å². The molecule has 0 radical (unpaired) electrons. The van der Waals surface area contributed by atoms with E-state index in [0.717, 1.165) is 11.1 Å². The van der Waals surface area contributed by atoms with Gasteiger partial charge in [-0.25, -0.2) is 0 Å². The van der Waals surface area contributed by atoms with E-state index >= 15 is 0 Å². The van der Waals surface area contributed by atoms with E-state index < -0.39 is 20.5 Å². The zero-order chi connectivity index (χ0) is 31.4. The van der Waals surface area contributed by atoms with E-state index in [1.54, 1.807) is 30.3 Å². The summed E-state index contributed by atoms with van der Waals surface area (Å²) < 4.78 is 13.0. The summed E-state index contributed by atoms with van der Waals surface area (Å²) in [5.74, 6) is 0.110. The van der Waals surface area contributed by atoms with Crippen LogP contribution in [0.25, 0.3) is 0 Å². The van der Waals surface area contributed by atoms with Crippen molar-refractivity contribution in [3.63, 3.8) is 0 Å². The van der Waals surface area contributed by atoms with E-state index in [2.05, 4.69) is 75.0 Å². The summed E-state index contributed by atoms with van der Waals surface area (Å²) in [5.41, 5.74) is 5.82. The van der Waals surface area contributed by atoms with Gasteiger partial charge in [-0.2, -0.15) is 0 Å². The third-order valence-electron chi connectivity index (χ3n) is 7.69. The number of aliphatic hydroxyl groups excluding tert-OH is 2. The van der Waals surface area contributed by atoms with Gasteiger partial charge in [0, 0.05) is 12.8 Å². The largest absolute Gasteiger partial charge is 0.508 e. The van der Waals surface area contributed by atoms with E-state index in [0.29, 0.717) is 25.0 Å². The van der Waals surface area contributed by atoms with Crippen LogP contribution in [-0.4, -0.2) is 43.0 Å². The molecule has 0 bridgehead atoms. The van der Waals surface area contributed by atoms with Gasteiger partial charge >= 0.3 is 0 Å². The molecule has 5 nitrogen and oxygen atoms in total. The number of rotatable bonds is 14. The van der Waals surface area contributed by atoms with Gasteiger partial charge in [-0.05, 0) is 50.3 Å². The van der Waals surface area contributed by atoms with E-state index in [-0.39, 0.29) is 24.0 Å². The number of phenolic OH excluding ortho intramolecular Hbond substituents is 1. The summed E-state index contributed by atoms with van der Waals surface area (Å²) in [4.78, 5) is 0. The first-order valence-corrected chi connectivity index (χ1v) is 17.0. The van der Waals surface area contributed by atoms with Crippen LogP contribution in [0.4, 0.5) is 0 Å². The minimum absolute atomic E-state index is 0.110. The number of hydrogen-bond acceptors (Lipinski definition) is 5. The Labute approximate surface area is 262 Å². The first-order chi connectivity index (χ1) is 21.2. The van der Waals surface area contributed by atoms with Gasteiger partial charge in [-0.15, -0.1) is 5.73 Å². The van der Waals surface area contributed by atoms with Gasteiger partial charge in [0.25, 0.3) is 8.32 Å². The minimum atomic E-state index is -2.82. The lowest BCUT2D eigenvalue weighted by atomic mass is 10.1. The molecule has 6 heteroatoms. The molecule has 3 N–H and O–H groups in total. The molecule has 0 heterocycles. The highest BCUT2D eigenvalue weighted by Crippen LogP contribution is 2.37. The zero-order valence-electron chi connectivity index (χ0n) is 25.9. The lowest BCUT2D eigenvalue weighted by molar-refractivity contribution is 0.0279. The fourth-order valence-corrected chi connectivity index (χ4v) is 10.1. The van der Waals surface area contributed by atoms with Crippen LogP contribution in [0.5, 0.6) is 5.75 Å². The van der Waals surface area contributed by atoms with Crippen LogP contribution in [0.15, 0.2) is 133 Å². The maximum Gasteiger partial charge on any atom is 0.261 e. The van der Waals surface area contributed by atoms with E-state index in [1.807, 2.05) is 42.5 Å². The molecule has 0 aliphatic heterocycles. The molecule has 4 aromatic rings. The van der Waals surface area contributed by atoms with Gasteiger partial charge in [-0.1, -0.05) is 124 Å². The Morgan fingerprint density at radius 2 is 1.41 bits per heavy atom. The normalized spacial score (nSPS) is 13.1. The SMILES string of the molecule is CC(C)(C)[Si](OCC(=C=CC[C@@H](O)c1cccc(O)c1)C[C@@H](O)COCc1ccccc1)(c1ccccc1)c1ccccc1. The summed E-state index contributed by atoms with van der Waals surface area (Å²) in [7, 11) is -2.82. The molecule has 0 saturated heterocycles. The third kappa shape index (κ3) is 8.90. The molecule has 0 aliphatic carbocycles. The Hall–Kier alpha value is -3.74. The number of benzene rings is 4. The summed E-state index contributed by atoms with van der Waals surface area (Å²) >= 11 is 0. The summed E-state index contributed by atoms with van der Waals surface area (Å²) in [6.45, 7) is 7.55. The Morgan fingerprint density at radius 3 is 1.98 bits per heavy atom. The molecule has 2 atom stereocenters. The lowest BCUT2D eigenvalue weighted by Gasteiger charge is -2.43. The summed E-state index contributed by atoms with van der Waals surface area (Å²) in [6.07, 6.45) is 0.843. The number of phenols is 1. The monoisotopic (exact) mass is 608 g/mol. The first-order valence-electron chi connectivity index (χ1n) is 15.1. The van der Waals surface area contributed by atoms with E-state index in [1.165, 1.54) is 10.4 Å². The number of aliphatic hydroxyl groups is 2. The molecule has 0 fully saturated rings. The molecule has 230 valence electrons. The lowest BCUT2D eigenvalue weighted by Crippen LogP contribution is -2.66. The van der Waals surface area contributed by atoms with Crippen LogP contribution in [0.2, 0.25) is 5.04 Å². The number of aromatic hydroxyl groups is 1. The molecule has 44 heavy (non-hydrogen) atoms. The second kappa shape index (κ2) is 15.8. The van der Waals surface area contributed by atoms with Gasteiger partial charge in [0.2, 0.25) is 0 Å². The molecule has 4 rings (SSSR count). The fraction of sp³-hybridized carbons (Fsp3) is 0.289. The maximum absolute atomic E-state index is 11.0. The number of hydrogen-bond donors (Lipinski definition) is 3. The molecule has 0 saturated carbocycles. The second-order valence-electron chi connectivity index (χ2n) is 12.1. The Kier molecular flexibility index (Phi) is 11.9. The van der Waals surface area contributed by atoms with Gasteiger partial charge in [0.15, 0.2) is 0 Å². The second-order valence-corrected chi connectivity index (χ2v) is 16.4. The summed E-state index contributed by atoms with van der Waals surface area (Å²) in [5, 5.41) is 33.7. The van der Waals surface area contributed by atoms with Crippen LogP contribution < -0.4 is 10.4 Å². The van der Waals surface area contributed by atoms with Crippen molar-refractivity contribution in [3.05, 3.63) is 144 Å². The van der Waals surface area contributed by atoms with Crippen LogP contribution >= 0.6 is 0 Å². The van der Waals surface area contributed by atoms with Crippen LogP contribution in [0.1, 0.15) is 50.8 Å². The molecular formula is C38H44O5Si. The van der Waals surface area contributed by atoms with Gasteiger partial charge in [-0.3, -0.25) is 0 Å². The van der Waals surface area contributed by atoms with Crippen LogP contribution in [0, 0.1) is 0 Å².